The van der Waals surface area contributed by atoms with Crippen molar-refractivity contribution in [1.82, 2.24) is 15.1 Å². The van der Waals surface area contributed by atoms with Crippen LogP contribution in [0.25, 0.3) is 0 Å². The molecule has 430 valence electrons. The minimum Gasteiger partial charge on any atom is -0.496 e. The van der Waals surface area contributed by atoms with Gasteiger partial charge in [0.25, 0.3) is 0 Å². The molecule has 2 aromatic carbocycles. The maximum atomic E-state index is 14.4. The second kappa shape index (κ2) is 26.2. The average molecular weight is 1140 g/mol. The molecular weight excluding hydrogens is 1060 g/mol. The van der Waals surface area contributed by atoms with Crippen molar-refractivity contribution in [2.45, 2.75) is 152 Å². The van der Waals surface area contributed by atoms with Crippen molar-refractivity contribution in [3.63, 3.8) is 0 Å². The highest BCUT2D eigenvalue weighted by molar-refractivity contribution is 8.00. The number of aliphatic hydroxyl groups is 1. The van der Waals surface area contributed by atoms with Gasteiger partial charge in [-0.1, -0.05) is 48.4 Å². The van der Waals surface area contributed by atoms with Crippen LogP contribution in [-0.4, -0.2) is 157 Å². The van der Waals surface area contributed by atoms with E-state index < -0.39 is 76.8 Å². The number of thioether (sulfide) groups is 1. The number of allylic oxidation sites excluding steroid dienone is 3. The third-order valence-electron chi connectivity index (χ3n) is 16.4. The highest BCUT2D eigenvalue weighted by Gasteiger charge is 2.64. The molecule has 21 heteroatoms. The highest BCUT2D eigenvalue weighted by atomic mass is 35.5. The molecule has 7 unspecified atom stereocenters. The Balaban J connectivity index is 0.946. The maximum Gasteiger partial charge on any atom is 0.409 e. The number of carbonyl (C=O) groups is 8. The number of anilines is 1. The number of ether oxygens (including phenoxy) is 6. The van der Waals surface area contributed by atoms with E-state index in [0.717, 1.165) is 35.8 Å². The predicted molar refractivity (Wildman–Crippen MR) is 295 cm³/mol. The van der Waals surface area contributed by atoms with E-state index in [-0.39, 0.29) is 72.4 Å². The van der Waals surface area contributed by atoms with E-state index in [1.54, 1.807) is 51.2 Å². The number of esters is 1. The SMILES string of the molecule is COc1cc(CCCC(=O)C2CCC(CN3C(=O)CC(SCCC(=O)N(C)[C@@H](C)C(=O)O[C@H]4CC(=O)N(C)c5cc(cc(OC)c5Cl)C/C(C)=C/C=C/C(OC)C5(O)CC(OC(=O)N5)C(C)C5OC54C)C3=O)CC2)ccc1C=O. The summed E-state index contributed by atoms with van der Waals surface area (Å²) in [5.41, 5.74) is 0.287. The van der Waals surface area contributed by atoms with Crippen LogP contribution in [0.1, 0.15) is 113 Å². The number of methoxy groups -OCH3 is 3. The van der Waals surface area contributed by atoms with Gasteiger partial charge in [0.2, 0.25) is 23.6 Å². The number of fused-ring (bicyclic) bond motifs is 5. The van der Waals surface area contributed by atoms with Gasteiger partial charge in [0.15, 0.2) is 12.0 Å². The molecular formula is C58H75ClN4O15S. The first-order valence-corrected chi connectivity index (χ1v) is 28.4. The van der Waals surface area contributed by atoms with Crippen LogP contribution in [0.5, 0.6) is 11.5 Å². The standard InChI is InChI=1S/C58H75ClN4O15S/c1-33-12-10-15-47(75-9)58(72)30-45(76-56(71)60-58)34(2)53-57(4,78-53)48(29-50(67)62(6)41-25-38(24-33)27-44(74-8)52(41)59)77-55(70)35(3)61(5)49(66)22-23-79-46-28-51(68)63(54(46)69)31-37-17-19-39(20-18-37)42(65)14-11-13-36-16-21-40(32-64)43(26-36)73-7/h10,12,15-16,21,25-27,32,34-35,37,39,45-48,53,72H,11,13-14,17-20,22-24,28-31H2,1-9H3,(H,60,71)/b15-10+,33-12+/t34?,35-,37?,39?,45?,46?,47?,48-,53?,57?,58?/m0/s1. The molecule has 4 heterocycles. The molecule has 1 saturated carbocycles. The minimum atomic E-state index is -1.88. The Kier molecular flexibility index (Phi) is 20.2. The van der Waals surface area contributed by atoms with Crippen LogP contribution in [0.15, 0.2) is 54.1 Å². The fourth-order valence-corrected chi connectivity index (χ4v) is 12.7. The third kappa shape index (κ3) is 14.2. The Morgan fingerprint density at radius 1 is 1.01 bits per heavy atom. The van der Waals surface area contributed by atoms with Crippen molar-refractivity contribution in [2.24, 2.45) is 17.8 Å². The topological polar surface area (TPSA) is 237 Å². The van der Waals surface area contributed by atoms with Crippen molar-refractivity contribution in [3.05, 3.63) is 75.8 Å². The first kappa shape index (κ1) is 60.8. The molecule has 4 aliphatic heterocycles. The summed E-state index contributed by atoms with van der Waals surface area (Å²) in [4.78, 5) is 110. The molecule has 5 aliphatic rings. The lowest BCUT2D eigenvalue weighted by atomic mass is 9.79. The lowest BCUT2D eigenvalue weighted by Crippen LogP contribution is -2.63. The lowest BCUT2D eigenvalue weighted by molar-refractivity contribution is -0.162. The molecule has 2 N–H and O–H groups in total. The number of rotatable bonds is 18. The maximum absolute atomic E-state index is 14.4. The average Bonchev–Trinajstić information content (AvgIpc) is 4.26. The van der Waals surface area contributed by atoms with Crippen LogP contribution in [0, 0.1) is 17.8 Å². The van der Waals surface area contributed by atoms with Crippen LogP contribution < -0.4 is 19.7 Å². The number of epoxide rings is 1. The molecule has 0 aromatic heterocycles. The van der Waals surface area contributed by atoms with E-state index in [0.29, 0.717) is 61.3 Å². The molecule has 19 nitrogen and oxygen atoms in total. The summed E-state index contributed by atoms with van der Waals surface area (Å²) >= 11 is 8.05. The molecule has 79 heavy (non-hydrogen) atoms. The first-order valence-electron chi connectivity index (χ1n) is 27.0. The van der Waals surface area contributed by atoms with E-state index >= 15 is 0 Å². The fraction of sp³-hybridized carbons (Fsp3) is 0.586. The Bertz CT molecular complexity index is 2710. The molecule has 7 rings (SSSR count). The Labute approximate surface area is 471 Å². The summed E-state index contributed by atoms with van der Waals surface area (Å²) in [6.45, 7) is 7.15. The second-order valence-corrected chi connectivity index (χ2v) is 23.5. The number of halogens is 1. The van der Waals surface area contributed by atoms with Gasteiger partial charge < -0.3 is 43.3 Å². The van der Waals surface area contributed by atoms with Crippen LogP contribution in [0.3, 0.4) is 0 Å². The van der Waals surface area contributed by atoms with Gasteiger partial charge in [0, 0.05) is 71.0 Å². The van der Waals surface area contributed by atoms with E-state index in [1.807, 2.05) is 25.1 Å². The van der Waals surface area contributed by atoms with Gasteiger partial charge in [-0.3, -0.25) is 39.0 Å². The number of alkyl carbamates (subject to hydrolysis) is 1. The van der Waals surface area contributed by atoms with Gasteiger partial charge in [0.05, 0.1) is 43.2 Å². The smallest absolute Gasteiger partial charge is 0.409 e. The molecule has 9 atom stereocenters. The van der Waals surface area contributed by atoms with Gasteiger partial charge in [-0.05, 0) is 107 Å². The normalized spacial score (nSPS) is 29.7. The molecule has 0 radical (unpaired) electrons. The largest absolute Gasteiger partial charge is 0.496 e. The quantitative estimate of drug-likeness (QED) is 0.0662. The van der Waals surface area contributed by atoms with Crippen molar-refractivity contribution in [1.29, 1.82) is 0 Å². The molecule has 0 spiro atoms. The van der Waals surface area contributed by atoms with Crippen molar-refractivity contribution in [2.75, 3.05) is 52.6 Å². The summed E-state index contributed by atoms with van der Waals surface area (Å²) in [6.07, 6.45) is 5.74. The molecule has 2 aromatic rings. The zero-order chi connectivity index (χ0) is 57.5. The summed E-state index contributed by atoms with van der Waals surface area (Å²) in [5.74, 6) is -1.61. The number of ketones is 1. The Hall–Kier alpha value is -5.80. The zero-order valence-corrected chi connectivity index (χ0v) is 48.2. The Morgan fingerprint density at radius 3 is 2.42 bits per heavy atom. The molecule has 5 amide bonds. The van der Waals surface area contributed by atoms with Gasteiger partial charge >= 0.3 is 12.1 Å². The van der Waals surface area contributed by atoms with Crippen LogP contribution >= 0.6 is 23.4 Å². The number of aldehydes is 1. The Morgan fingerprint density at radius 2 is 1.73 bits per heavy atom. The van der Waals surface area contributed by atoms with Crippen molar-refractivity contribution < 1.29 is 71.9 Å². The summed E-state index contributed by atoms with van der Waals surface area (Å²) < 4.78 is 34.8. The van der Waals surface area contributed by atoms with E-state index in [9.17, 15) is 43.5 Å². The van der Waals surface area contributed by atoms with Crippen LogP contribution in [-0.2, 0) is 60.6 Å². The number of imide groups is 1. The minimum absolute atomic E-state index is 0.0116. The van der Waals surface area contributed by atoms with Crippen molar-refractivity contribution in [3.8, 4) is 11.5 Å². The van der Waals surface area contributed by atoms with Crippen molar-refractivity contribution >= 4 is 76.8 Å². The second-order valence-electron chi connectivity index (χ2n) is 21.8. The fourth-order valence-electron chi connectivity index (χ4n) is 11.3. The molecule has 4 bridgehead atoms. The van der Waals surface area contributed by atoms with Gasteiger partial charge in [-0.2, -0.15) is 0 Å². The van der Waals surface area contributed by atoms with E-state index in [2.05, 4.69) is 5.32 Å². The number of nitrogens with one attached hydrogen (secondary N) is 1. The number of amides is 5. The number of likely N-dealkylation sites (N-methyl/N-ethyl adjacent to an activating group) is 1. The molecule has 3 saturated heterocycles. The lowest BCUT2D eigenvalue weighted by Gasteiger charge is -2.42. The van der Waals surface area contributed by atoms with Crippen LogP contribution in [0.4, 0.5) is 10.5 Å². The summed E-state index contributed by atoms with van der Waals surface area (Å²) in [7, 11) is 7.41. The predicted octanol–water partition coefficient (Wildman–Crippen LogP) is 6.98. The summed E-state index contributed by atoms with van der Waals surface area (Å²) in [6, 6.07) is 7.82. The number of benzene rings is 2. The van der Waals surface area contributed by atoms with E-state index in [4.69, 9.17) is 40.0 Å². The summed E-state index contributed by atoms with van der Waals surface area (Å²) in [5, 5.41) is 13.9. The van der Waals surface area contributed by atoms with E-state index in [1.165, 1.54) is 61.8 Å². The zero-order valence-electron chi connectivity index (χ0n) is 46.6. The third-order valence-corrected chi connectivity index (χ3v) is 18.0. The number of likely N-dealkylation sites (tertiary alicyclic amines) is 1. The van der Waals surface area contributed by atoms with Crippen LogP contribution in [0.2, 0.25) is 5.02 Å². The number of carbonyl (C=O) groups excluding carboxylic acids is 8. The number of aryl methyl sites for hydroxylation is 1. The number of hydrogen-bond acceptors (Lipinski definition) is 16. The molecule has 4 fully saturated rings. The molecule has 1 aliphatic carbocycles. The monoisotopic (exact) mass is 1130 g/mol. The number of Topliss-reactive ketones (excluding diaryl/α,β-unsaturated/α-hetero) is 1. The first-order chi connectivity index (χ1) is 37.5. The van der Waals surface area contributed by atoms with Gasteiger partial charge in [-0.15, -0.1) is 11.8 Å². The van der Waals surface area contributed by atoms with Gasteiger partial charge in [0.1, 0.15) is 52.3 Å². The van der Waals surface area contributed by atoms with Gasteiger partial charge in [-0.25, -0.2) is 9.59 Å². The number of nitrogens with zero attached hydrogens (tertiary/aromatic N) is 3. The number of hydrogen-bond donors (Lipinski definition) is 2. The highest BCUT2D eigenvalue weighted by Crippen LogP contribution is 2.49.